The number of hydrogen-bond donors (Lipinski definition) is 9. The Bertz CT molecular complexity index is 681. The van der Waals surface area contributed by atoms with Crippen molar-refractivity contribution in [3.63, 3.8) is 0 Å². The summed E-state index contributed by atoms with van der Waals surface area (Å²) in [6.45, 7) is -1.11. The summed E-state index contributed by atoms with van der Waals surface area (Å²) in [6, 6.07) is -3.84. The fourth-order valence-electron chi connectivity index (χ4n) is 2.20. The lowest BCUT2D eigenvalue weighted by Gasteiger charge is -2.20. The largest absolute Gasteiger partial charge is 0.481 e. The molecule has 0 aliphatic rings. The van der Waals surface area contributed by atoms with Gasteiger partial charge in [-0.05, 0) is 19.3 Å². The monoisotopic (exact) mass is 447 g/mol. The highest BCUT2D eigenvalue weighted by molar-refractivity contribution is 5.92. The molecule has 176 valence electrons. The lowest BCUT2D eigenvalue weighted by Crippen LogP contribution is -2.54. The lowest BCUT2D eigenvalue weighted by molar-refractivity contribution is -0.143. The Labute approximate surface area is 177 Å². The van der Waals surface area contributed by atoms with Crippen LogP contribution < -0.4 is 33.2 Å². The maximum Gasteiger partial charge on any atom is 0.326 e. The Kier molecular flexibility index (Phi) is 12.9. The van der Waals surface area contributed by atoms with E-state index in [1.807, 2.05) is 0 Å². The molecule has 0 rings (SSSR count). The summed E-state index contributed by atoms with van der Waals surface area (Å²) in [5.74, 6) is -5.24. The van der Waals surface area contributed by atoms with Gasteiger partial charge in [-0.1, -0.05) is 0 Å². The standard InChI is InChI=1S/C16H29N7O8/c17-8(7-24)13(28)23-9(2-1-5-20-16(18)19)14(29)21-6-11(25)22-10(15(30)31)3-4-12(26)27/h8-10,24H,1-7,17H2,(H,21,29)(H,22,25)(H,23,28)(H,26,27)(H,30,31)(H4,18,19,20). The van der Waals surface area contributed by atoms with Gasteiger partial charge in [-0.15, -0.1) is 0 Å². The van der Waals surface area contributed by atoms with Gasteiger partial charge in [0.25, 0.3) is 0 Å². The first-order valence-corrected chi connectivity index (χ1v) is 9.21. The molecule has 0 aromatic rings. The Morgan fingerprint density at radius 1 is 0.935 bits per heavy atom. The summed E-state index contributed by atoms with van der Waals surface area (Å²) < 4.78 is 0. The number of nitrogens with zero attached hydrogens (tertiary/aromatic N) is 1. The van der Waals surface area contributed by atoms with E-state index in [0.29, 0.717) is 0 Å². The molecule has 0 saturated heterocycles. The van der Waals surface area contributed by atoms with E-state index >= 15 is 0 Å². The minimum absolute atomic E-state index is 0.0739. The van der Waals surface area contributed by atoms with Gasteiger partial charge in [0.05, 0.1) is 13.2 Å². The summed E-state index contributed by atoms with van der Waals surface area (Å²) in [5, 5.41) is 33.3. The number of guanidine groups is 1. The third kappa shape index (κ3) is 12.7. The number of carbonyl (C=O) groups excluding carboxylic acids is 3. The zero-order chi connectivity index (χ0) is 24.0. The van der Waals surface area contributed by atoms with Crippen LogP contribution in [0.3, 0.4) is 0 Å². The highest BCUT2D eigenvalue weighted by atomic mass is 16.4. The number of aliphatic imine (C=N–C) groups is 1. The van der Waals surface area contributed by atoms with Crippen molar-refractivity contribution >= 4 is 35.6 Å². The Balaban J connectivity index is 4.87. The van der Waals surface area contributed by atoms with Crippen molar-refractivity contribution in [2.45, 2.75) is 43.8 Å². The Hall–Kier alpha value is -3.46. The van der Waals surface area contributed by atoms with E-state index in [-0.39, 0.29) is 31.8 Å². The third-order valence-corrected chi connectivity index (χ3v) is 3.82. The molecule has 0 fully saturated rings. The van der Waals surface area contributed by atoms with Gasteiger partial charge in [-0.3, -0.25) is 24.2 Å². The number of aliphatic hydroxyl groups excluding tert-OH is 1. The fourth-order valence-corrected chi connectivity index (χ4v) is 2.20. The van der Waals surface area contributed by atoms with Crippen LogP contribution in [0.2, 0.25) is 0 Å². The molecule has 0 aliphatic heterocycles. The zero-order valence-electron chi connectivity index (χ0n) is 16.7. The van der Waals surface area contributed by atoms with Crippen LogP contribution >= 0.6 is 0 Å². The van der Waals surface area contributed by atoms with Gasteiger partial charge >= 0.3 is 11.9 Å². The normalized spacial score (nSPS) is 13.2. The molecule has 0 aromatic carbocycles. The molecule has 0 aromatic heterocycles. The van der Waals surface area contributed by atoms with Crippen LogP contribution in [0.1, 0.15) is 25.7 Å². The van der Waals surface area contributed by atoms with Gasteiger partial charge < -0.3 is 48.5 Å². The predicted octanol–water partition coefficient (Wildman–Crippen LogP) is -4.61. The van der Waals surface area contributed by atoms with E-state index in [0.717, 1.165) is 0 Å². The second kappa shape index (κ2) is 14.5. The number of carboxylic acid groups (broad SMARTS) is 2. The number of nitrogens with two attached hydrogens (primary N) is 3. The van der Waals surface area contributed by atoms with Crippen molar-refractivity contribution in [3.8, 4) is 0 Å². The summed E-state index contributed by atoms with van der Waals surface area (Å²) in [4.78, 5) is 61.6. The molecule has 0 radical (unpaired) electrons. The van der Waals surface area contributed by atoms with Crippen LogP contribution in [-0.4, -0.2) is 88.8 Å². The zero-order valence-corrected chi connectivity index (χ0v) is 16.7. The average molecular weight is 447 g/mol. The maximum absolute atomic E-state index is 12.4. The molecule has 0 saturated carbocycles. The molecule has 0 bridgehead atoms. The predicted molar refractivity (Wildman–Crippen MR) is 106 cm³/mol. The van der Waals surface area contributed by atoms with E-state index in [1.54, 1.807) is 0 Å². The van der Waals surface area contributed by atoms with Crippen molar-refractivity contribution in [1.29, 1.82) is 0 Å². The van der Waals surface area contributed by atoms with Crippen LogP contribution in [0.25, 0.3) is 0 Å². The number of hydrogen-bond acceptors (Lipinski definition) is 8. The SMILES string of the molecule is NC(N)=NCCCC(NC(=O)C(N)CO)C(=O)NCC(=O)NC(CCC(=O)O)C(=O)O. The van der Waals surface area contributed by atoms with Crippen LogP contribution in [0.15, 0.2) is 4.99 Å². The fraction of sp³-hybridized carbons (Fsp3) is 0.625. The number of carboxylic acids is 2. The van der Waals surface area contributed by atoms with Gasteiger partial charge in [-0.2, -0.15) is 0 Å². The molecule has 0 heterocycles. The quantitative estimate of drug-likeness (QED) is 0.0654. The minimum atomic E-state index is -1.45. The number of aliphatic hydroxyl groups is 1. The lowest BCUT2D eigenvalue weighted by atomic mass is 10.1. The number of aliphatic carboxylic acids is 2. The maximum atomic E-state index is 12.4. The molecule has 15 heteroatoms. The molecule has 0 spiro atoms. The molecule has 15 nitrogen and oxygen atoms in total. The Morgan fingerprint density at radius 3 is 2.10 bits per heavy atom. The van der Waals surface area contributed by atoms with Crippen molar-refractivity contribution in [1.82, 2.24) is 16.0 Å². The first-order valence-electron chi connectivity index (χ1n) is 9.21. The van der Waals surface area contributed by atoms with E-state index in [1.165, 1.54) is 0 Å². The molecule has 12 N–H and O–H groups in total. The number of nitrogens with one attached hydrogen (secondary N) is 3. The first-order chi connectivity index (χ1) is 14.5. The number of rotatable bonds is 15. The van der Waals surface area contributed by atoms with Crippen molar-refractivity contribution in [2.24, 2.45) is 22.2 Å². The van der Waals surface area contributed by atoms with Crippen LogP contribution in [0, 0.1) is 0 Å². The van der Waals surface area contributed by atoms with E-state index in [4.69, 9.17) is 32.5 Å². The molecular formula is C16H29N7O8. The minimum Gasteiger partial charge on any atom is -0.481 e. The first kappa shape index (κ1) is 27.5. The molecular weight excluding hydrogens is 418 g/mol. The van der Waals surface area contributed by atoms with Crippen LogP contribution in [-0.2, 0) is 24.0 Å². The van der Waals surface area contributed by atoms with Crippen molar-refractivity contribution in [2.75, 3.05) is 19.7 Å². The Morgan fingerprint density at radius 2 is 1.58 bits per heavy atom. The second-order valence-corrected chi connectivity index (χ2v) is 6.41. The highest BCUT2D eigenvalue weighted by Gasteiger charge is 2.25. The van der Waals surface area contributed by atoms with Crippen molar-refractivity contribution in [3.05, 3.63) is 0 Å². The molecule has 0 aliphatic carbocycles. The second-order valence-electron chi connectivity index (χ2n) is 6.41. The summed E-state index contributed by atoms with van der Waals surface area (Å²) in [7, 11) is 0. The smallest absolute Gasteiger partial charge is 0.326 e. The molecule has 31 heavy (non-hydrogen) atoms. The van der Waals surface area contributed by atoms with Gasteiger partial charge in [0, 0.05) is 13.0 Å². The van der Waals surface area contributed by atoms with Gasteiger partial charge in [0.1, 0.15) is 18.1 Å². The number of carbonyl (C=O) groups is 5. The third-order valence-electron chi connectivity index (χ3n) is 3.82. The van der Waals surface area contributed by atoms with Gasteiger partial charge in [-0.25, -0.2) is 4.79 Å². The van der Waals surface area contributed by atoms with E-state index in [2.05, 4.69) is 20.9 Å². The van der Waals surface area contributed by atoms with Gasteiger partial charge in [0.15, 0.2) is 5.96 Å². The summed E-state index contributed by atoms with van der Waals surface area (Å²) in [5.41, 5.74) is 15.8. The van der Waals surface area contributed by atoms with Crippen LogP contribution in [0.5, 0.6) is 0 Å². The summed E-state index contributed by atoms with van der Waals surface area (Å²) >= 11 is 0. The molecule has 3 atom stereocenters. The van der Waals surface area contributed by atoms with Gasteiger partial charge in [0.2, 0.25) is 17.7 Å². The van der Waals surface area contributed by atoms with E-state index < -0.39 is 67.4 Å². The number of amides is 3. The van der Waals surface area contributed by atoms with E-state index in [9.17, 15) is 24.0 Å². The van der Waals surface area contributed by atoms with Crippen LogP contribution in [0.4, 0.5) is 0 Å². The molecule has 3 amide bonds. The highest BCUT2D eigenvalue weighted by Crippen LogP contribution is 2.00. The molecule has 3 unspecified atom stereocenters. The topological polar surface area (TPSA) is 273 Å². The van der Waals surface area contributed by atoms with Crippen molar-refractivity contribution < 1.29 is 39.3 Å². The summed E-state index contributed by atoms with van der Waals surface area (Å²) in [6.07, 6.45) is -0.455. The average Bonchev–Trinajstić information content (AvgIpc) is 2.69.